The van der Waals surface area contributed by atoms with E-state index >= 15 is 0 Å². The van der Waals surface area contributed by atoms with Gasteiger partial charge in [-0.2, -0.15) is 0 Å². The molecule has 1 aromatic rings. The molecule has 6 heteroatoms. The molecule has 0 aliphatic carbocycles. The van der Waals surface area contributed by atoms with E-state index in [-0.39, 0.29) is 25.2 Å². The van der Waals surface area contributed by atoms with Crippen molar-refractivity contribution in [2.75, 3.05) is 20.1 Å². The van der Waals surface area contributed by atoms with E-state index in [0.29, 0.717) is 5.02 Å². The maximum atomic E-state index is 12.4. The molecule has 5 nitrogen and oxygen atoms in total. The SMILES string of the molecule is C=CCN(CC(=O)O)C(=O)N(C)C(C)c1ccccc1Cl. The van der Waals surface area contributed by atoms with Crippen LogP contribution in [0.1, 0.15) is 18.5 Å². The Morgan fingerprint density at radius 3 is 2.57 bits per heavy atom. The number of hydrogen-bond acceptors (Lipinski definition) is 2. The smallest absolute Gasteiger partial charge is 0.323 e. The van der Waals surface area contributed by atoms with Crippen LogP contribution in [-0.4, -0.2) is 47.0 Å². The average molecular weight is 311 g/mol. The van der Waals surface area contributed by atoms with Gasteiger partial charge >= 0.3 is 12.0 Å². The van der Waals surface area contributed by atoms with Gasteiger partial charge in [-0.3, -0.25) is 4.79 Å². The molecule has 0 aliphatic rings. The van der Waals surface area contributed by atoms with E-state index in [1.807, 2.05) is 25.1 Å². The van der Waals surface area contributed by atoms with Crippen LogP contribution >= 0.6 is 11.6 Å². The molecule has 2 amide bonds. The van der Waals surface area contributed by atoms with Crippen molar-refractivity contribution < 1.29 is 14.7 Å². The van der Waals surface area contributed by atoms with Crippen LogP contribution in [0.4, 0.5) is 4.79 Å². The van der Waals surface area contributed by atoms with E-state index in [1.165, 1.54) is 15.9 Å². The fourth-order valence-corrected chi connectivity index (χ4v) is 2.23. The summed E-state index contributed by atoms with van der Waals surface area (Å²) < 4.78 is 0. The van der Waals surface area contributed by atoms with Crippen LogP contribution in [0.15, 0.2) is 36.9 Å². The Bertz CT molecular complexity index is 533. The molecule has 0 aliphatic heterocycles. The Kier molecular flexibility index (Phi) is 6.24. The van der Waals surface area contributed by atoms with Crippen LogP contribution < -0.4 is 0 Å². The van der Waals surface area contributed by atoms with Crippen molar-refractivity contribution in [1.82, 2.24) is 9.80 Å². The summed E-state index contributed by atoms with van der Waals surface area (Å²) in [6.45, 7) is 5.18. The molecule has 0 radical (unpaired) electrons. The Balaban J connectivity index is 2.91. The zero-order valence-electron chi connectivity index (χ0n) is 12.1. The van der Waals surface area contributed by atoms with Crippen molar-refractivity contribution >= 4 is 23.6 Å². The van der Waals surface area contributed by atoms with Gasteiger partial charge in [0.1, 0.15) is 6.54 Å². The van der Waals surface area contributed by atoms with Crippen molar-refractivity contribution in [3.63, 3.8) is 0 Å². The second-order valence-electron chi connectivity index (χ2n) is 4.65. The van der Waals surface area contributed by atoms with E-state index in [9.17, 15) is 9.59 Å². The Morgan fingerprint density at radius 1 is 1.43 bits per heavy atom. The molecule has 21 heavy (non-hydrogen) atoms. The van der Waals surface area contributed by atoms with E-state index in [0.717, 1.165) is 5.56 Å². The van der Waals surface area contributed by atoms with Gasteiger partial charge in [-0.1, -0.05) is 35.9 Å². The van der Waals surface area contributed by atoms with Gasteiger partial charge in [-0.15, -0.1) is 6.58 Å². The van der Waals surface area contributed by atoms with E-state index < -0.39 is 5.97 Å². The minimum absolute atomic E-state index is 0.171. The average Bonchev–Trinajstić information content (AvgIpc) is 2.44. The summed E-state index contributed by atoms with van der Waals surface area (Å²) in [5, 5.41) is 9.44. The predicted molar refractivity (Wildman–Crippen MR) is 82.4 cm³/mol. The number of halogens is 1. The molecule has 0 spiro atoms. The molecule has 114 valence electrons. The highest BCUT2D eigenvalue weighted by atomic mass is 35.5. The molecular weight excluding hydrogens is 292 g/mol. The lowest BCUT2D eigenvalue weighted by Gasteiger charge is -2.31. The monoisotopic (exact) mass is 310 g/mol. The van der Waals surface area contributed by atoms with Crippen molar-refractivity contribution in [2.24, 2.45) is 0 Å². The number of carboxylic acid groups (broad SMARTS) is 1. The van der Waals surface area contributed by atoms with Gasteiger partial charge in [-0.05, 0) is 18.6 Å². The number of carbonyl (C=O) groups excluding carboxylic acids is 1. The first kappa shape index (κ1) is 17.0. The summed E-state index contributed by atoms with van der Waals surface area (Å²) in [4.78, 5) is 25.9. The standard InChI is InChI=1S/C15H19ClN2O3/c1-4-9-18(10-14(19)20)15(21)17(3)11(2)12-7-5-6-8-13(12)16/h4-8,11H,1,9-10H2,2-3H3,(H,19,20). The number of rotatable bonds is 6. The lowest BCUT2D eigenvalue weighted by Crippen LogP contribution is -2.44. The molecule has 0 saturated heterocycles. The van der Waals surface area contributed by atoms with Crippen LogP contribution in [0, 0.1) is 0 Å². The van der Waals surface area contributed by atoms with Crippen molar-refractivity contribution in [3.8, 4) is 0 Å². The zero-order valence-corrected chi connectivity index (χ0v) is 12.9. The highest BCUT2D eigenvalue weighted by molar-refractivity contribution is 6.31. The summed E-state index contributed by atoms with van der Waals surface area (Å²) in [6.07, 6.45) is 1.49. The van der Waals surface area contributed by atoms with E-state index in [4.69, 9.17) is 16.7 Å². The van der Waals surface area contributed by atoms with Gasteiger partial charge in [-0.25, -0.2) is 4.79 Å². The molecule has 0 saturated carbocycles. The third kappa shape index (κ3) is 4.49. The lowest BCUT2D eigenvalue weighted by atomic mass is 10.1. The number of carboxylic acids is 1. The number of hydrogen-bond donors (Lipinski definition) is 1. The summed E-state index contributed by atoms with van der Waals surface area (Å²) in [7, 11) is 1.62. The maximum Gasteiger partial charge on any atom is 0.323 e. The number of nitrogens with zero attached hydrogens (tertiary/aromatic N) is 2. The van der Waals surface area contributed by atoms with Crippen molar-refractivity contribution in [3.05, 3.63) is 47.5 Å². The molecule has 1 N–H and O–H groups in total. The Hall–Kier alpha value is -2.01. The summed E-state index contributed by atoms with van der Waals surface area (Å²) >= 11 is 6.13. The first-order valence-corrected chi connectivity index (χ1v) is 6.85. The Labute approximate surface area is 129 Å². The van der Waals surface area contributed by atoms with Gasteiger partial charge in [0, 0.05) is 18.6 Å². The largest absolute Gasteiger partial charge is 0.480 e. The molecule has 0 heterocycles. The predicted octanol–water partition coefficient (Wildman–Crippen LogP) is 3.03. The number of benzene rings is 1. The number of aliphatic carboxylic acids is 1. The van der Waals surface area contributed by atoms with Gasteiger partial charge in [0.05, 0.1) is 6.04 Å². The molecule has 1 atom stereocenters. The fourth-order valence-electron chi connectivity index (χ4n) is 1.94. The quantitative estimate of drug-likeness (QED) is 0.822. The number of carbonyl (C=O) groups is 2. The second-order valence-corrected chi connectivity index (χ2v) is 5.06. The van der Waals surface area contributed by atoms with Crippen LogP contribution in [0.3, 0.4) is 0 Å². The highest BCUT2D eigenvalue weighted by Gasteiger charge is 2.24. The molecule has 0 aromatic heterocycles. The fraction of sp³-hybridized carbons (Fsp3) is 0.333. The normalized spacial score (nSPS) is 11.6. The molecule has 0 bridgehead atoms. The highest BCUT2D eigenvalue weighted by Crippen LogP contribution is 2.26. The van der Waals surface area contributed by atoms with Crippen LogP contribution in [-0.2, 0) is 4.79 Å². The van der Waals surface area contributed by atoms with Crippen LogP contribution in [0.2, 0.25) is 5.02 Å². The second kappa shape index (κ2) is 7.69. The minimum atomic E-state index is -1.07. The number of amides is 2. The first-order chi connectivity index (χ1) is 9.88. The maximum absolute atomic E-state index is 12.4. The third-order valence-electron chi connectivity index (χ3n) is 3.18. The van der Waals surface area contributed by atoms with Gasteiger partial charge in [0.25, 0.3) is 0 Å². The van der Waals surface area contributed by atoms with Crippen LogP contribution in [0.5, 0.6) is 0 Å². The topological polar surface area (TPSA) is 60.9 Å². The van der Waals surface area contributed by atoms with Crippen molar-refractivity contribution in [2.45, 2.75) is 13.0 Å². The van der Waals surface area contributed by atoms with Gasteiger partial charge in [0.15, 0.2) is 0 Å². The molecular formula is C15H19ClN2O3. The first-order valence-electron chi connectivity index (χ1n) is 6.47. The third-order valence-corrected chi connectivity index (χ3v) is 3.53. The number of urea groups is 1. The molecule has 1 rings (SSSR count). The van der Waals surface area contributed by atoms with Gasteiger partial charge < -0.3 is 14.9 Å². The summed E-state index contributed by atoms with van der Waals surface area (Å²) in [5.41, 5.74) is 0.809. The molecule has 1 aromatic carbocycles. The summed E-state index contributed by atoms with van der Waals surface area (Å²) in [6, 6.07) is 6.59. The van der Waals surface area contributed by atoms with Crippen LogP contribution in [0.25, 0.3) is 0 Å². The lowest BCUT2D eigenvalue weighted by molar-refractivity contribution is -0.137. The van der Waals surface area contributed by atoms with E-state index in [1.54, 1.807) is 13.1 Å². The molecule has 1 unspecified atom stereocenters. The van der Waals surface area contributed by atoms with E-state index in [2.05, 4.69) is 6.58 Å². The summed E-state index contributed by atoms with van der Waals surface area (Å²) in [5.74, 6) is -1.07. The minimum Gasteiger partial charge on any atom is -0.480 e. The van der Waals surface area contributed by atoms with Gasteiger partial charge in [0.2, 0.25) is 0 Å². The molecule has 0 fully saturated rings. The zero-order chi connectivity index (χ0) is 16.0. The van der Waals surface area contributed by atoms with Crippen molar-refractivity contribution in [1.29, 1.82) is 0 Å². The Morgan fingerprint density at radius 2 is 2.05 bits per heavy atom.